The lowest BCUT2D eigenvalue weighted by Crippen LogP contribution is -2.25. The van der Waals surface area contributed by atoms with Gasteiger partial charge in [-0.25, -0.2) is 0 Å². The molecule has 0 spiro atoms. The molecule has 0 aromatic carbocycles. The Morgan fingerprint density at radius 2 is 2.12 bits per heavy atom. The van der Waals surface area contributed by atoms with Gasteiger partial charge in [0.05, 0.1) is 0 Å². The second kappa shape index (κ2) is 7.34. The zero-order valence-corrected chi connectivity index (χ0v) is 11.6. The van der Waals surface area contributed by atoms with E-state index in [9.17, 15) is 0 Å². The fourth-order valence-electron chi connectivity index (χ4n) is 2.58. The first-order valence-corrected chi connectivity index (χ1v) is 7.11. The summed E-state index contributed by atoms with van der Waals surface area (Å²) in [5.74, 6) is 0.737. The predicted molar refractivity (Wildman–Crippen MR) is 72.9 cm³/mol. The molecular formula is C14H30N2O. The normalized spacial score (nSPS) is 22.2. The first-order chi connectivity index (χ1) is 8.07. The maximum absolute atomic E-state index is 8.91. The van der Waals surface area contributed by atoms with Gasteiger partial charge in [0.25, 0.3) is 0 Å². The van der Waals surface area contributed by atoms with E-state index in [0.29, 0.717) is 12.0 Å². The molecule has 0 radical (unpaired) electrons. The number of unbranched alkanes of at least 4 members (excludes halogenated alkanes) is 1. The Hall–Kier alpha value is -0.120. The Morgan fingerprint density at radius 3 is 2.76 bits per heavy atom. The van der Waals surface area contributed by atoms with Gasteiger partial charge in [-0.2, -0.15) is 0 Å². The average Bonchev–Trinajstić information content (AvgIpc) is 2.73. The lowest BCUT2D eigenvalue weighted by Gasteiger charge is -2.23. The molecule has 3 nitrogen and oxygen atoms in total. The van der Waals surface area contributed by atoms with Gasteiger partial charge in [-0.1, -0.05) is 20.3 Å². The molecule has 0 aliphatic carbocycles. The smallest absolute Gasteiger partial charge is 0.0434 e. The van der Waals surface area contributed by atoms with Gasteiger partial charge in [0.15, 0.2) is 0 Å². The molecule has 3 heteroatoms. The zero-order chi connectivity index (χ0) is 12.7. The monoisotopic (exact) mass is 242 g/mol. The van der Waals surface area contributed by atoms with Gasteiger partial charge in [-0.3, -0.25) is 0 Å². The van der Waals surface area contributed by atoms with Gasteiger partial charge in [0.2, 0.25) is 0 Å². The summed E-state index contributed by atoms with van der Waals surface area (Å²) in [6, 6.07) is 0. The third-order valence-electron chi connectivity index (χ3n) is 4.04. The van der Waals surface area contributed by atoms with Gasteiger partial charge in [-0.05, 0) is 56.7 Å². The van der Waals surface area contributed by atoms with Gasteiger partial charge >= 0.3 is 0 Å². The van der Waals surface area contributed by atoms with Crippen molar-refractivity contribution in [3.63, 3.8) is 0 Å². The number of nitrogens with zero attached hydrogens (tertiary/aromatic N) is 1. The lowest BCUT2D eigenvalue weighted by atomic mass is 9.87. The highest BCUT2D eigenvalue weighted by atomic mass is 16.3. The summed E-state index contributed by atoms with van der Waals surface area (Å²) < 4.78 is 0. The summed E-state index contributed by atoms with van der Waals surface area (Å²) in [6.07, 6.45) is 6.06. The van der Waals surface area contributed by atoms with Crippen LogP contribution in [0, 0.1) is 11.3 Å². The molecule has 1 fully saturated rings. The lowest BCUT2D eigenvalue weighted by molar-refractivity contribution is 0.247. The van der Waals surface area contributed by atoms with Crippen LogP contribution in [0.1, 0.15) is 46.0 Å². The molecule has 0 saturated carbocycles. The van der Waals surface area contributed by atoms with E-state index in [1.54, 1.807) is 0 Å². The summed E-state index contributed by atoms with van der Waals surface area (Å²) in [4.78, 5) is 2.55. The molecule has 0 amide bonds. The minimum Gasteiger partial charge on any atom is -0.396 e. The van der Waals surface area contributed by atoms with Crippen molar-refractivity contribution in [2.75, 3.05) is 32.8 Å². The van der Waals surface area contributed by atoms with Crippen LogP contribution in [0.3, 0.4) is 0 Å². The average molecular weight is 242 g/mol. The molecule has 1 aliphatic rings. The van der Waals surface area contributed by atoms with E-state index in [-0.39, 0.29) is 0 Å². The Labute approximate surface area is 106 Å². The zero-order valence-electron chi connectivity index (χ0n) is 11.6. The first kappa shape index (κ1) is 14.9. The second-order valence-electron chi connectivity index (χ2n) is 6.29. The van der Waals surface area contributed by atoms with E-state index in [1.807, 2.05) is 0 Å². The van der Waals surface area contributed by atoms with Crippen molar-refractivity contribution in [1.29, 1.82) is 0 Å². The number of nitrogens with two attached hydrogens (primary N) is 1. The molecule has 1 saturated heterocycles. The molecule has 1 atom stereocenters. The van der Waals surface area contributed by atoms with Crippen LogP contribution in [0.4, 0.5) is 0 Å². The number of rotatable bonds is 8. The Bertz CT molecular complexity index is 206. The highest BCUT2D eigenvalue weighted by molar-refractivity contribution is 4.76. The van der Waals surface area contributed by atoms with Crippen molar-refractivity contribution in [3.05, 3.63) is 0 Å². The molecule has 0 aromatic heterocycles. The van der Waals surface area contributed by atoms with Gasteiger partial charge in [0, 0.05) is 13.2 Å². The number of aliphatic hydroxyl groups excluding tert-OH is 1. The second-order valence-corrected chi connectivity index (χ2v) is 6.29. The van der Waals surface area contributed by atoms with Crippen LogP contribution in [0.25, 0.3) is 0 Å². The number of hydrogen-bond acceptors (Lipinski definition) is 3. The number of aliphatic hydroxyl groups is 1. The van der Waals surface area contributed by atoms with Crippen LogP contribution >= 0.6 is 0 Å². The largest absolute Gasteiger partial charge is 0.396 e. The van der Waals surface area contributed by atoms with E-state index in [0.717, 1.165) is 18.9 Å². The molecule has 3 N–H and O–H groups in total. The summed E-state index contributed by atoms with van der Waals surface area (Å²) in [5.41, 5.74) is 6.04. The highest BCUT2D eigenvalue weighted by Gasteiger charge is 2.21. The number of hydrogen-bond donors (Lipinski definition) is 2. The van der Waals surface area contributed by atoms with Crippen molar-refractivity contribution in [2.45, 2.75) is 46.0 Å². The molecule has 0 aromatic rings. The molecule has 1 unspecified atom stereocenters. The topological polar surface area (TPSA) is 49.5 Å². The summed E-state index contributed by atoms with van der Waals surface area (Å²) in [6.45, 7) is 9.28. The van der Waals surface area contributed by atoms with E-state index in [1.165, 1.54) is 45.3 Å². The summed E-state index contributed by atoms with van der Waals surface area (Å²) >= 11 is 0. The summed E-state index contributed by atoms with van der Waals surface area (Å²) in [7, 11) is 0. The molecule has 0 bridgehead atoms. The van der Waals surface area contributed by atoms with Crippen LogP contribution in [0.5, 0.6) is 0 Å². The van der Waals surface area contributed by atoms with E-state index in [2.05, 4.69) is 18.7 Å². The number of likely N-dealkylation sites (tertiary alicyclic amines) is 1. The van der Waals surface area contributed by atoms with Crippen LogP contribution in [0.15, 0.2) is 0 Å². The quantitative estimate of drug-likeness (QED) is 0.639. The third-order valence-corrected chi connectivity index (χ3v) is 4.04. The Kier molecular flexibility index (Phi) is 6.45. The summed E-state index contributed by atoms with van der Waals surface area (Å²) in [5, 5.41) is 8.91. The van der Waals surface area contributed by atoms with Crippen molar-refractivity contribution < 1.29 is 5.11 Å². The van der Waals surface area contributed by atoms with Crippen LogP contribution < -0.4 is 5.73 Å². The van der Waals surface area contributed by atoms with E-state index in [4.69, 9.17) is 10.8 Å². The highest BCUT2D eigenvalue weighted by Crippen LogP contribution is 2.23. The fourth-order valence-corrected chi connectivity index (χ4v) is 2.58. The van der Waals surface area contributed by atoms with E-state index < -0.39 is 0 Å². The van der Waals surface area contributed by atoms with E-state index >= 15 is 0 Å². The Balaban J connectivity index is 2.04. The first-order valence-electron chi connectivity index (χ1n) is 7.11. The van der Waals surface area contributed by atoms with Crippen molar-refractivity contribution in [2.24, 2.45) is 17.1 Å². The Morgan fingerprint density at radius 1 is 1.35 bits per heavy atom. The molecule has 17 heavy (non-hydrogen) atoms. The molecule has 1 heterocycles. The molecule has 1 aliphatic heterocycles. The van der Waals surface area contributed by atoms with Crippen LogP contribution in [-0.2, 0) is 0 Å². The SMILES string of the molecule is CC(C)(CN)CCCCN1CCC(CCO)C1. The maximum Gasteiger partial charge on any atom is 0.0434 e. The van der Waals surface area contributed by atoms with Crippen molar-refractivity contribution >= 4 is 0 Å². The fraction of sp³-hybridized carbons (Fsp3) is 1.00. The molecule has 102 valence electrons. The van der Waals surface area contributed by atoms with Crippen molar-refractivity contribution in [1.82, 2.24) is 4.90 Å². The predicted octanol–water partition coefficient (Wildman–Crippen LogP) is 1.85. The minimum atomic E-state index is 0.310. The standard InChI is InChI=1S/C14H30N2O/c1-14(2,12-15)7-3-4-8-16-9-5-13(11-16)6-10-17/h13,17H,3-12,15H2,1-2H3. The maximum atomic E-state index is 8.91. The van der Waals surface area contributed by atoms with Crippen LogP contribution in [0.2, 0.25) is 0 Å². The van der Waals surface area contributed by atoms with Crippen LogP contribution in [-0.4, -0.2) is 42.8 Å². The van der Waals surface area contributed by atoms with Gasteiger partial charge < -0.3 is 15.7 Å². The van der Waals surface area contributed by atoms with Crippen molar-refractivity contribution in [3.8, 4) is 0 Å². The van der Waals surface area contributed by atoms with Gasteiger partial charge in [-0.15, -0.1) is 0 Å². The third kappa shape index (κ3) is 5.84. The minimum absolute atomic E-state index is 0.310. The molecule has 1 rings (SSSR count). The van der Waals surface area contributed by atoms with Gasteiger partial charge in [0.1, 0.15) is 0 Å². The molecular weight excluding hydrogens is 212 g/mol.